The Balaban J connectivity index is 1.53. The fourth-order valence-electron chi connectivity index (χ4n) is 4.86. The van der Waals surface area contributed by atoms with E-state index in [1.165, 1.54) is 0 Å². The Morgan fingerprint density at radius 1 is 1.28 bits per heavy atom. The van der Waals surface area contributed by atoms with E-state index in [-0.39, 0.29) is 17.4 Å². The first-order valence-electron chi connectivity index (χ1n) is 9.30. The van der Waals surface area contributed by atoms with Crippen LogP contribution in [0.25, 0.3) is 0 Å². The van der Waals surface area contributed by atoms with E-state index in [1.54, 1.807) is 11.3 Å². The topological polar surface area (TPSA) is 65.9 Å². The third-order valence-corrected chi connectivity index (χ3v) is 7.06. The zero-order valence-electron chi connectivity index (χ0n) is 14.7. The number of ether oxygens (including phenoxy) is 1. The minimum atomic E-state index is -0.666. The van der Waals surface area contributed by atoms with Crippen molar-refractivity contribution in [1.82, 2.24) is 9.88 Å². The summed E-state index contributed by atoms with van der Waals surface area (Å²) < 4.78 is 6.00. The summed E-state index contributed by atoms with van der Waals surface area (Å²) in [5.74, 6) is -0.666. The zero-order chi connectivity index (χ0) is 17.3. The van der Waals surface area contributed by atoms with Gasteiger partial charge in [0.2, 0.25) is 0 Å². The maximum absolute atomic E-state index is 11.4. The van der Waals surface area contributed by atoms with E-state index in [0.29, 0.717) is 0 Å². The standard InChI is InChI=1S/C18H27N3O3S/c22-15(23)11-18(4-1-5-18)21-7-2-3-17(13-21)12-20(8-9-24-14-17)16-19-6-10-25-16/h6,10H,1-5,7-9,11-14H2,(H,22,23). The van der Waals surface area contributed by atoms with Gasteiger partial charge in [0, 0.05) is 42.2 Å². The Morgan fingerprint density at radius 3 is 2.84 bits per heavy atom. The van der Waals surface area contributed by atoms with Crippen LogP contribution in [0.5, 0.6) is 0 Å². The second-order valence-electron chi connectivity index (χ2n) is 7.96. The molecule has 1 N–H and O–H groups in total. The van der Waals surface area contributed by atoms with Crippen molar-refractivity contribution in [2.24, 2.45) is 5.41 Å². The van der Waals surface area contributed by atoms with E-state index in [4.69, 9.17) is 4.74 Å². The van der Waals surface area contributed by atoms with Crippen molar-refractivity contribution in [2.45, 2.75) is 44.1 Å². The number of aliphatic carboxylic acids is 1. The van der Waals surface area contributed by atoms with Crippen LogP contribution in [0.4, 0.5) is 5.13 Å². The van der Waals surface area contributed by atoms with Gasteiger partial charge in [-0.25, -0.2) is 4.98 Å². The average Bonchev–Trinajstić information content (AvgIpc) is 3.01. The van der Waals surface area contributed by atoms with Crippen LogP contribution in [0.1, 0.15) is 38.5 Å². The van der Waals surface area contributed by atoms with Crippen molar-refractivity contribution < 1.29 is 14.6 Å². The molecule has 1 atom stereocenters. The summed E-state index contributed by atoms with van der Waals surface area (Å²) in [4.78, 5) is 20.8. The lowest BCUT2D eigenvalue weighted by Crippen LogP contribution is -2.62. The maximum Gasteiger partial charge on any atom is 0.305 e. The number of carboxylic acid groups (broad SMARTS) is 1. The van der Waals surface area contributed by atoms with Crippen LogP contribution in [-0.4, -0.2) is 65.9 Å². The fourth-order valence-corrected chi connectivity index (χ4v) is 5.53. The smallest absolute Gasteiger partial charge is 0.305 e. The highest BCUT2D eigenvalue weighted by Crippen LogP contribution is 2.45. The first kappa shape index (κ1) is 17.2. The number of anilines is 1. The molecule has 25 heavy (non-hydrogen) atoms. The molecular weight excluding hydrogens is 338 g/mol. The highest BCUT2D eigenvalue weighted by atomic mass is 32.1. The second kappa shape index (κ2) is 6.85. The first-order chi connectivity index (χ1) is 12.1. The van der Waals surface area contributed by atoms with Gasteiger partial charge in [-0.3, -0.25) is 9.69 Å². The van der Waals surface area contributed by atoms with Gasteiger partial charge < -0.3 is 14.7 Å². The SMILES string of the molecule is O=C(O)CC1(N2CCCC3(COCCN(c4nccs4)C3)C2)CCC1. The Morgan fingerprint density at radius 2 is 2.16 bits per heavy atom. The van der Waals surface area contributed by atoms with E-state index >= 15 is 0 Å². The number of thiazole rings is 1. The minimum Gasteiger partial charge on any atom is -0.481 e. The normalized spacial score (nSPS) is 30.0. The Bertz CT molecular complexity index is 605. The molecule has 3 fully saturated rings. The average molecular weight is 365 g/mol. The van der Waals surface area contributed by atoms with Crippen LogP contribution in [0.3, 0.4) is 0 Å². The molecule has 1 spiro atoms. The summed E-state index contributed by atoms with van der Waals surface area (Å²) in [7, 11) is 0. The predicted molar refractivity (Wildman–Crippen MR) is 97.2 cm³/mol. The molecule has 2 saturated heterocycles. The van der Waals surface area contributed by atoms with Crippen molar-refractivity contribution in [2.75, 3.05) is 44.3 Å². The van der Waals surface area contributed by atoms with Crippen molar-refractivity contribution in [1.29, 1.82) is 0 Å². The van der Waals surface area contributed by atoms with Crippen molar-refractivity contribution in [3.05, 3.63) is 11.6 Å². The lowest BCUT2D eigenvalue weighted by Gasteiger charge is -2.55. The molecule has 1 unspecified atom stereocenters. The molecule has 6 nitrogen and oxygen atoms in total. The number of likely N-dealkylation sites (tertiary alicyclic amines) is 1. The molecule has 1 saturated carbocycles. The number of hydrogen-bond acceptors (Lipinski definition) is 6. The van der Waals surface area contributed by atoms with E-state index in [9.17, 15) is 9.90 Å². The monoisotopic (exact) mass is 365 g/mol. The highest BCUT2D eigenvalue weighted by molar-refractivity contribution is 7.13. The van der Waals surface area contributed by atoms with Crippen LogP contribution >= 0.6 is 11.3 Å². The largest absolute Gasteiger partial charge is 0.481 e. The van der Waals surface area contributed by atoms with Gasteiger partial charge in [0.1, 0.15) is 0 Å². The summed E-state index contributed by atoms with van der Waals surface area (Å²) in [6, 6.07) is 0. The van der Waals surface area contributed by atoms with Crippen molar-refractivity contribution in [3.8, 4) is 0 Å². The molecular formula is C18H27N3O3S. The Labute approximate surface area is 152 Å². The third-order valence-electron chi connectivity index (χ3n) is 6.23. The van der Waals surface area contributed by atoms with Gasteiger partial charge in [0.05, 0.1) is 19.6 Å². The number of carboxylic acids is 1. The fraction of sp³-hybridized carbons (Fsp3) is 0.778. The predicted octanol–water partition coefficient (Wildman–Crippen LogP) is 2.46. The molecule has 0 bridgehead atoms. The molecule has 1 aromatic rings. The van der Waals surface area contributed by atoms with Gasteiger partial charge in [-0.1, -0.05) is 0 Å². The number of piperidine rings is 1. The quantitative estimate of drug-likeness (QED) is 0.884. The molecule has 4 rings (SSSR count). The Hall–Kier alpha value is -1.18. The van der Waals surface area contributed by atoms with Gasteiger partial charge in [-0.05, 0) is 38.6 Å². The number of rotatable bonds is 4. The van der Waals surface area contributed by atoms with Crippen molar-refractivity contribution >= 4 is 22.4 Å². The number of carbonyl (C=O) groups is 1. The van der Waals surface area contributed by atoms with E-state index < -0.39 is 5.97 Å². The summed E-state index contributed by atoms with van der Waals surface area (Å²) in [6.45, 7) is 5.32. The molecule has 7 heteroatoms. The Kier molecular flexibility index (Phi) is 4.73. The lowest BCUT2D eigenvalue weighted by atomic mass is 9.69. The van der Waals surface area contributed by atoms with E-state index in [0.717, 1.165) is 76.6 Å². The second-order valence-corrected chi connectivity index (χ2v) is 8.84. The lowest BCUT2D eigenvalue weighted by molar-refractivity contribution is -0.145. The molecule has 1 aliphatic carbocycles. The van der Waals surface area contributed by atoms with Gasteiger partial charge in [0.25, 0.3) is 0 Å². The van der Waals surface area contributed by atoms with Gasteiger partial charge in [-0.15, -0.1) is 11.3 Å². The van der Waals surface area contributed by atoms with Crippen molar-refractivity contribution in [3.63, 3.8) is 0 Å². The molecule has 3 heterocycles. The minimum absolute atomic E-state index is 0.0848. The molecule has 138 valence electrons. The molecule has 0 radical (unpaired) electrons. The highest BCUT2D eigenvalue weighted by Gasteiger charge is 2.49. The summed E-state index contributed by atoms with van der Waals surface area (Å²) in [5.41, 5.74) is -0.0287. The number of nitrogens with zero attached hydrogens (tertiary/aromatic N) is 3. The zero-order valence-corrected chi connectivity index (χ0v) is 15.5. The molecule has 2 aliphatic heterocycles. The van der Waals surface area contributed by atoms with Gasteiger partial charge in [0.15, 0.2) is 5.13 Å². The van der Waals surface area contributed by atoms with Crippen LogP contribution in [0.2, 0.25) is 0 Å². The third kappa shape index (κ3) is 3.41. The van der Waals surface area contributed by atoms with E-state index in [1.807, 2.05) is 11.6 Å². The number of hydrogen-bond donors (Lipinski definition) is 1. The summed E-state index contributed by atoms with van der Waals surface area (Å²) in [6.07, 6.45) is 7.60. The van der Waals surface area contributed by atoms with Crippen LogP contribution in [0, 0.1) is 5.41 Å². The molecule has 0 aromatic carbocycles. The molecule has 0 amide bonds. The first-order valence-corrected chi connectivity index (χ1v) is 10.2. The molecule has 1 aromatic heterocycles. The summed E-state index contributed by atoms with van der Waals surface area (Å²) in [5, 5.41) is 12.5. The number of aromatic nitrogens is 1. The van der Waals surface area contributed by atoms with Gasteiger partial charge >= 0.3 is 5.97 Å². The van der Waals surface area contributed by atoms with Gasteiger partial charge in [-0.2, -0.15) is 0 Å². The van der Waals surface area contributed by atoms with E-state index in [2.05, 4.69) is 14.8 Å². The maximum atomic E-state index is 11.4. The summed E-state index contributed by atoms with van der Waals surface area (Å²) >= 11 is 1.68. The van der Waals surface area contributed by atoms with Crippen LogP contribution in [0.15, 0.2) is 11.6 Å². The molecule has 3 aliphatic rings. The van der Waals surface area contributed by atoms with Crippen LogP contribution < -0.4 is 4.90 Å². The van der Waals surface area contributed by atoms with Crippen LogP contribution in [-0.2, 0) is 9.53 Å².